The minimum absolute atomic E-state index is 0.154. The number of carbonyl (C=O) groups excluding carboxylic acids is 1. The van der Waals surface area contributed by atoms with Crippen LogP contribution in [0.2, 0.25) is 0 Å². The number of rotatable bonds is 2. The number of carbonyl (C=O) groups is 1. The maximum absolute atomic E-state index is 13.1. The van der Waals surface area contributed by atoms with E-state index < -0.39 is 29.4 Å². The Morgan fingerprint density at radius 2 is 1.95 bits per heavy atom. The Morgan fingerprint density at radius 3 is 2.50 bits per heavy atom. The third-order valence-corrected chi connectivity index (χ3v) is 3.20. The number of benzene rings is 1. The number of hydrogen-bond acceptors (Lipinski definition) is 3. The van der Waals surface area contributed by atoms with E-state index >= 15 is 0 Å². The Labute approximate surface area is 112 Å². The topological polar surface area (TPSA) is 78.9 Å². The highest BCUT2D eigenvalue weighted by atomic mass is 19.2. The lowest BCUT2D eigenvalue weighted by atomic mass is 10.1. The second kappa shape index (κ2) is 5.40. The minimum atomic E-state index is -1.63. The minimum Gasteiger partial charge on any atom is -0.409 e. The number of halogens is 3. The molecular formula is C12H12F3N3O2. The van der Waals surface area contributed by atoms with Crippen LogP contribution in [-0.2, 0) is 0 Å². The van der Waals surface area contributed by atoms with Crippen LogP contribution < -0.4 is 5.73 Å². The summed E-state index contributed by atoms with van der Waals surface area (Å²) < 4.78 is 39.1. The fraction of sp³-hybridized carbons (Fsp3) is 0.333. The maximum Gasteiger partial charge on any atom is 0.254 e. The average molecular weight is 287 g/mol. The zero-order chi connectivity index (χ0) is 14.9. The summed E-state index contributed by atoms with van der Waals surface area (Å²) in [6.45, 7) is 0.306. The van der Waals surface area contributed by atoms with Gasteiger partial charge in [0.05, 0.1) is 6.04 Å². The SMILES string of the molecule is NC(=NO)C1CCCN1C(=O)c1cc(F)c(F)c(F)c1. The van der Waals surface area contributed by atoms with Gasteiger partial charge in [-0.25, -0.2) is 13.2 Å². The molecule has 0 bridgehead atoms. The highest BCUT2D eigenvalue weighted by molar-refractivity contribution is 5.98. The van der Waals surface area contributed by atoms with Gasteiger partial charge in [0.15, 0.2) is 23.3 Å². The molecule has 0 spiro atoms. The van der Waals surface area contributed by atoms with Crippen molar-refractivity contribution in [3.05, 3.63) is 35.1 Å². The second-order valence-electron chi connectivity index (χ2n) is 4.44. The molecular weight excluding hydrogens is 275 g/mol. The average Bonchev–Trinajstić information content (AvgIpc) is 2.91. The van der Waals surface area contributed by atoms with Crippen molar-refractivity contribution in [2.45, 2.75) is 18.9 Å². The summed E-state index contributed by atoms with van der Waals surface area (Å²) in [6.07, 6.45) is 1.09. The van der Waals surface area contributed by atoms with E-state index in [-0.39, 0.29) is 11.4 Å². The maximum atomic E-state index is 13.1. The molecule has 1 saturated heterocycles. The van der Waals surface area contributed by atoms with Crippen LogP contribution >= 0.6 is 0 Å². The Bertz CT molecular complexity index is 554. The van der Waals surface area contributed by atoms with Gasteiger partial charge in [0.25, 0.3) is 5.91 Å². The first-order valence-electron chi connectivity index (χ1n) is 5.88. The molecule has 1 aliphatic heterocycles. The van der Waals surface area contributed by atoms with E-state index in [1.54, 1.807) is 0 Å². The lowest BCUT2D eigenvalue weighted by Crippen LogP contribution is -2.44. The first-order valence-corrected chi connectivity index (χ1v) is 5.88. The summed E-state index contributed by atoms with van der Waals surface area (Å²) >= 11 is 0. The van der Waals surface area contributed by atoms with Crippen molar-refractivity contribution in [3.8, 4) is 0 Å². The summed E-state index contributed by atoms with van der Waals surface area (Å²) in [5, 5.41) is 11.5. The predicted octanol–water partition coefficient (Wildman–Crippen LogP) is 1.45. The van der Waals surface area contributed by atoms with E-state index in [4.69, 9.17) is 10.9 Å². The van der Waals surface area contributed by atoms with Gasteiger partial charge in [-0.2, -0.15) is 0 Å². The highest BCUT2D eigenvalue weighted by Crippen LogP contribution is 2.22. The zero-order valence-electron chi connectivity index (χ0n) is 10.3. The van der Waals surface area contributed by atoms with Gasteiger partial charge >= 0.3 is 0 Å². The molecule has 1 aromatic rings. The number of hydrogen-bond donors (Lipinski definition) is 2. The summed E-state index contributed by atoms with van der Waals surface area (Å²) in [4.78, 5) is 13.4. The van der Waals surface area contributed by atoms with Gasteiger partial charge in [-0.05, 0) is 25.0 Å². The molecule has 0 radical (unpaired) electrons. The van der Waals surface area contributed by atoms with E-state index in [2.05, 4.69) is 5.16 Å². The van der Waals surface area contributed by atoms with E-state index in [9.17, 15) is 18.0 Å². The number of likely N-dealkylation sites (tertiary alicyclic amines) is 1. The molecule has 1 amide bonds. The van der Waals surface area contributed by atoms with Crippen LogP contribution in [0.3, 0.4) is 0 Å². The van der Waals surface area contributed by atoms with Crippen LogP contribution in [-0.4, -0.2) is 34.4 Å². The van der Waals surface area contributed by atoms with Crippen molar-refractivity contribution in [2.75, 3.05) is 6.54 Å². The molecule has 3 N–H and O–H groups in total. The Balaban J connectivity index is 2.32. The van der Waals surface area contributed by atoms with Crippen LogP contribution in [0.15, 0.2) is 17.3 Å². The Morgan fingerprint density at radius 1 is 1.35 bits per heavy atom. The Kier molecular flexibility index (Phi) is 3.82. The zero-order valence-corrected chi connectivity index (χ0v) is 10.3. The largest absolute Gasteiger partial charge is 0.409 e. The van der Waals surface area contributed by atoms with Crippen LogP contribution in [0.4, 0.5) is 13.2 Å². The van der Waals surface area contributed by atoms with Crippen molar-refractivity contribution >= 4 is 11.7 Å². The smallest absolute Gasteiger partial charge is 0.254 e. The molecule has 5 nitrogen and oxygen atoms in total. The molecule has 0 aromatic heterocycles. The molecule has 0 aliphatic carbocycles. The van der Waals surface area contributed by atoms with Crippen LogP contribution in [0.5, 0.6) is 0 Å². The molecule has 20 heavy (non-hydrogen) atoms. The first kappa shape index (κ1) is 14.2. The number of amides is 1. The van der Waals surface area contributed by atoms with Crippen LogP contribution in [0.25, 0.3) is 0 Å². The third kappa shape index (κ3) is 2.40. The lowest BCUT2D eigenvalue weighted by molar-refractivity contribution is 0.0766. The van der Waals surface area contributed by atoms with Gasteiger partial charge < -0.3 is 15.8 Å². The van der Waals surface area contributed by atoms with Gasteiger partial charge in [-0.1, -0.05) is 5.16 Å². The summed E-state index contributed by atoms with van der Waals surface area (Å²) in [6, 6.07) is 0.619. The Hall–Kier alpha value is -2.25. The summed E-state index contributed by atoms with van der Waals surface area (Å²) in [5.41, 5.74) is 5.15. The van der Waals surface area contributed by atoms with E-state index in [0.717, 1.165) is 0 Å². The quantitative estimate of drug-likeness (QED) is 0.284. The van der Waals surface area contributed by atoms with Crippen molar-refractivity contribution in [1.82, 2.24) is 4.90 Å². The number of oxime groups is 1. The lowest BCUT2D eigenvalue weighted by Gasteiger charge is -2.23. The normalized spacial score (nSPS) is 19.4. The molecule has 1 fully saturated rings. The number of nitrogens with two attached hydrogens (primary N) is 1. The predicted molar refractivity (Wildman–Crippen MR) is 63.8 cm³/mol. The van der Waals surface area contributed by atoms with Gasteiger partial charge in [0.1, 0.15) is 0 Å². The molecule has 0 saturated carbocycles. The first-order chi connectivity index (χ1) is 9.45. The van der Waals surface area contributed by atoms with Crippen molar-refractivity contribution in [1.29, 1.82) is 0 Å². The van der Waals surface area contributed by atoms with Gasteiger partial charge in [-0.15, -0.1) is 0 Å². The van der Waals surface area contributed by atoms with Crippen molar-refractivity contribution in [3.63, 3.8) is 0 Å². The molecule has 1 unspecified atom stereocenters. The van der Waals surface area contributed by atoms with E-state index in [0.29, 0.717) is 31.5 Å². The summed E-state index contributed by atoms with van der Waals surface area (Å²) in [7, 11) is 0. The van der Waals surface area contributed by atoms with E-state index in [1.165, 1.54) is 4.90 Å². The fourth-order valence-corrected chi connectivity index (χ4v) is 2.23. The molecule has 1 atom stereocenters. The van der Waals surface area contributed by atoms with Gasteiger partial charge in [0, 0.05) is 12.1 Å². The van der Waals surface area contributed by atoms with Crippen molar-refractivity contribution < 1.29 is 23.2 Å². The molecule has 8 heteroatoms. The summed E-state index contributed by atoms with van der Waals surface area (Å²) in [5.74, 6) is -5.35. The van der Waals surface area contributed by atoms with Gasteiger partial charge in [0.2, 0.25) is 0 Å². The number of nitrogens with zero attached hydrogens (tertiary/aromatic N) is 2. The molecule has 1 aliphatic rings. The van der Waals surface area contributed by atoms with Crippen LogP contribution in [0.1, 0.15) is 23.2 Å². The van der Waals surface area contributed by atoms with Crippen LogP contribution in [0, 0.1) is 17.5 Å². The monoisotopic (exact) mass is 287 g/mol. The molecule has 108 valence electrons. The highest BCUT2D eigenvalue weighted by Gasteiger charge is 2.33. The molecule has 2 rings (SSSR count). The standard InChI is InChI=1S/C12H12F3N3O2/c13-7-4-6(5-8(14)10(7)15)12(19)18-3-1-2-9(18)11(16)17-20/h4-5,9,20H,1-3H2,(H2,16,17). The fourth-order valence-electron chi connectivity index (χ4n) is 2.23. The molecule has 1 heterocycles. The second-order valence-corrected chi connectivity index (χ2v) is 4.44. The van der Waals surface area contributed by atoms with E-state index in [1.807, 2.05) is 0 Å². The molecule has 1 aromatic carbocycles. The van der Waals surface area contributed by atoms with Crippen molar-refractivity contribution in [2.24, 2.45) is 10.9 Å². The number of amidine groups is 1. The third-order valence-electron chi connectivity index (χ3n) is 3.20. The van der Waals surface area contributed by atoms with Gasteiger partial charge in [-0.3, -0.25) is 4.79 Å².